The molecule has 1 saturated heterocycles. The minimum Gasteiger partial charge on any atom is -0.338 e. The van der Waals surface area contributed by atoms with Crippen LogP contribution in [0.1, 0.15) is 55.6 Å². The number of carbonyl (C=O) groups is 1. The van der Waals surface area contributed by atoms with Crippen molar-refractivity contribution in [3.63, 3.8) is 0 Å². The van der Waals surface area contributed by atoms with Crippen LogP contribution in [0.15, 0.2) is 36.5 Å². The van der Waals surface area contributed by atoms with Crippen molar-refractivity contribution in [2.45, 2.75) is 46.6 Å². The summed E-state index contributed by atoms with van der Waals surface area (Å²) in [6.45, 7) is 10.1. The predicted octanol–water partition coefficient (Wildman–Crippen LogP) is 4.86. The molecule has 1 aliphatic heterocycles. The zero-order chi connectivity index (χ0) is 19.8. The number of aromatic nitrogens is 3. The Bertz CT molecular complexity index is 1020. The van der Waals surface area contributed by atoms with Crippen LogP contribution in [0.2, 0.25) is 0 Å². The molecule has 1 fully saturated rings. The van der Waals surface area contributed by atoms with Gasteiger partial charge < -0.3 is 4.90 Å². The molecule has 28 heavy (non-hydrogen) atoms. The van der Waals surface area contributed by atoms with E-state index in [9.17, 15) is 4.79 Å². The van der Waals surface area contributed by atoms with Gasteiger partial charge in [0.2, 0.25) is 0 Å². The second-order valence-corrected chi connectivity index (χ2v) is 8.29. The average Bonchev–Trinajstić information content (AvgIpc) is 3.11. The number of amides is 1. The van der Waals surface area contributed by atoms with E-state index in [0.29, 0.717) is 11.5 Å². The number of likely N-dealkylation sites (tertiary alicyclic amines) is 1. The maximum absolute atomic E-state index is 13.5. The van der Waals surface area contributed by atoms with Crippen LogP contribution in [0, 0.1) is 12.8 Å². The molecule has 146 valence electrons. The predicted molar refractivity (Wildman–Crippen MR) is 112 cm³/mol. The zero-order valence-electron chi connectivity index (χ0n) is 17.1. The van der Waals surface area contributed by atoms with Crippen molar-refractivity contribution in [1.29, 1.82) is 0 Å². The third-order valence-electron chi connectivity index (χ3n) is 5.65. The second-order valence-electron chi connectivity index (χ2n) is 8.29. The van der Waals surface area contributed by atoms with Crippen molar-refractivity contribution >= 4 is 16.9 Å². The van der Waals surface area contributed by atoms with Crippen molar-refractivity contribution in [2.75, 3.05) is 13.1 Å². The number of pyridine rings is 1. The first-order valence-corrected chi connectivity index (χ1v) is 10.2. The molecule has 1 unspecified atom stereocenters. The Morgan fingerprint density at radius 3 is 2.75 bits per heavy atom. The summed E-state index contributed by atoms with van der Waals surface area (Å²) in [5.41, 5.74) is 4.53. The first-order chi connectivity index (χ1) is 13.5. The van der Waals surface area contributed by atoms with Gasteiger partial charge in [-0.05, 0) is 51.2 Å². The molecule has 5 nitrogen and oxygen atoms in total. The van der Waals surface area contributed by atoms with Crippen LogP contribution in [0.25, 0.3) is 22.3 Å². The van der Waals surface area contributed by atoms with Gasteiger partial charge in [0.05, 0.1) is 22.8 Å². The van der Waals surface area contributed by atoms with E-state index in [1.807, 2.05) is 27.8 Å². The van der Waals surface area contributed by atoms with Crippen LogP contribution in [0.5, 0.6) is 0 Å². The smallest absolute Gasteiger partial charge is 0.254 e. The first-order valence-electron chi connectivity index (χ1n) is 10.2. The molecule has 1 atom stereocenters. The van der Waals surface area contributed by atoms with Crippen molar-refractivity contribution in [3.05, 3.63) is 47.7 Å². The Hall–Kier alpha value is -2.69. The third-order valence-corrected chi connectivity index (χ3v) is 5.65. The Balaban J connectivity index is 1.89. The van der Waals surface area contributed by atoms with E-state index in [2.05, 4.69) is 44.9 Å². The highest BCUT2D eigenvalue weighted by Crippen LogP contribution is 2.29. The normalized spacial score (nSPS) is 17.5. The standard InChI is InChI=1S/C23H28N4O/c1-15(2)27-22-20(13-24-27)19(23(28)26-11-7-8-16(3)14-26)12-21(25-22)18-10-6-5-9-17(18)4/h5-6,9-10,12-13,15-16H,7-8,11,14H2,1-4H3. The minimum atomic E-state index is 0.0945. The first kappa shape index (κ1) is 18.7. The van der Waals surface area contributed by atoms with Crippen LogP contribution in [0.4, 0.5) is 0 Å². The van der Waals surface area contributed by atoms with Gasteiger partial charge in [0, 0.05) is 24.7 Å². The van der Waals surface area contributed by atoms with Crippen LogP contribution in [0.3, 0.4) is 0 Å². The number of hydrogen-bond donors (Lipinski definition) is 0. The van der Waals surface area contributed by atoms with E-state index in [1.54, 1.807) is 6.20 Å². The summed E-state index contributed by atoms with van der Waals surface area (Å²) in [6, 6.07) is 10.3. The van der Waals surface area contributed by atoms with Gasteiger partial charge >= 0.3 is 0 Å². The molecule has 0 radical (unpaired) electrons. The number of nitrogens with zero attached hydrogens (tertiary/aromatic N) is 4. The summed E-state index contributed by atoms with van der Waals surface area (Å²) in [5.74, 6) is 0.640. The van der Waals surface area contributed by atoms with Gasteiger partial charge in [-0.3, -0.25) is 4.79 Å². The van der Waals surface area contributed by atoms with Crippen molar-refractivity contribution in [1.82, 2.24) is 19.7 Å². The van der Waals surface area contributed by atoms with Gasteiger partial charge in [0.1, 0.15) is 0 Å². The van der Waals surface area contributed by atoms with Crippen LogP contribution < -0.4 is 0 Å². The molecular formula is C23H28N4O. The van der Waals surface area contributed by atoms with E-state index in [1.165, 1.54) is 6.42 Å². The van der Waals surface area contributed by atoms with Crippen LogP contribution >= 0.6 is 0 Å². The van der Waals surface area contributed by atoms with Gasteiger partial charge in [-0.1, -0.05) is 31.2 Å². The summed E-state index contributed by atoms with van der Waals surface area (Å²) in [6.07, 6.45) is 4.05. The molecule has 0 aliphatic carbocycles. The monoisotopic (exact) mass is 376 g/mol. The van der Waals surface area contributed by atoms with Gasteiger partial charge in [-0.2, -0.15) is 5.10 Å². The molecule has 0 saturated carbocycles. The van der Waals surface area contributed by atoms with Crippen LogP contribution in [-0.2, 0) is 0 Å². The molecule has 3 heterocycles. The minimum absolute atomic E-state index is 0.0945. The van der Waals surface area contributed by atoms with Gasteiger partial charge in [0.25, 0.3) is 5.91 Å². The number of carbonyl (C=O) groups excluding carboxylic acids is 1. The molecule has 0 spiro atoms. The second kappa shape index (κ2) is 7.38. The van der Waals surface area contributed by atoms with E-state index in [-0.39, 0.29) is 11.9 Å². The summed E-state index contributed by atoms with van der Waals surface area (Å²) >= 11 is 0. The summed E-state index contributed by atoms with van der Waals surface area (Å²) in [7, 11) is 0. The lowest BCUT2D eigenvalue weighted by Gasteiger charge is -2.31. The molecule has 0 N–H and O–H groups in total. The SMILES string of the molecule is Cc1ccccc1-c1cc(C(=O)N2CCCC(C)C2)c2cnn(C(C)C)c2n1. The molecule has 0 bridgehead atoms. The number of rotatable bonds is 3. The number of fused-ring (bicyclic) bond motifs is 1. The van der Waals surface area contributed by atoms with E-state index >= 15 is 0 Å². The van der Waals surface area contributed by atoms with Crippen molar-refractivity contribution < 1.29 is 4.79 Å². The lowest BCUT2D eigenvalue weighted by Crippen LogP contribution is -2.39. The molecule has 3 aromatic rings. The number of benzene rings is 1. The Morgan fingerprint density at radius 1 is 1.25 bits per heavy atom. The highest BCUT2D eigenvalue weighted by molar-refractivity contribution is 6.06. The summed E-state index contributed by atoms with van der Waals surface area (Å²) < 4.78 is 1.91. The Labute approximate surface area is 166 Å². The largest absolute Gasteiger partial charge is 0.338 e. The Morgan fingerprint density at radius 2 is 2.04 bits per heavy atom. The quantitative estimate of drug-likeness (QED) is 0.656. The summed E-state index contributed by atoms with van der Waals surface area (Å²) in [5, 5.41) is 5.38. The fourth-order valence-corrected chi connectivity index (χ4v) is 4.12. The third kappa shape index (κ3) is 3.30. The van der Waals surface area contributed by atoms with Gasteiger partial charge in [0.15, 0.2) is 5.65 Å². The topological polar surface area (TPSA) is 51.0 Å². The average molecular weight is 377 g/mol. The maximum atomic E-state index is 13.5. The molecular weight excluding hydrogens is 348 g/mol. The number of aryl methyl sites for hydroxylation is 1. The molecule has 5 heteroatoms. The van der Waals surface area contributed by atoms with E-state index < -0.39 is 0 Å². The highest BCUT2D eigenvalue weighted by atomic mass is 16.2. The highest BCUT2D eigenvalue weighted by Gasteiger charge is 2.26. The Kier molecular flexibility index (Phi) is 4.92. The van der Waals surface area contributed by atoms with Crippen molar-refractivity contribution in [3.8, 4) is 11.3 Å². The van der Waals surface area contributed by atoms with Crippen molar-refractivity contribution in [2.24, 2.45) is 5.92 Å². The van der Waals surface area contributed by atoms with Gasteiger partial charge in [-0.25, -0.2) is 9.67 Å². The van der Waals surface area contributed by atoms with Gasteiger partial charge in [-0.15, -0.1) is 0 Å². The summed E-state index contributed by atoms with van der Waals surface area (Å²) in [4.78, 5) is 20.4. The number of hydrogen-bond acceptors (Lipinski definition) is 3. The fraction of sp³-hybridized carbons (Fsp3) is 0.435. The van der Waals surface area contributed by atoms with E-state index in [0.717, 1.165) is 47.4 Å². The lowest BCUT2D eigenvalue weighted by atomic mass is 9.98. The lowest BCUT2D eigenvalue weighted by molar-refractivity contribution is 0.0685. The molecule has 1 aromatic carbocycles. The molecule has 1 aliphatic rings. The molecule has 4 rings (SSSR count). The van der Waals surface area contributed by atoms with E-state index in [4.69, 9.17) is 4.98 Å². The molecule has 1 amide bonds. The number of piperidine rings is 1. The fourth-order valence-electron chi connectivity index (χ4n) is 4.12. The van der Waals surface area contributed by atoms with Crippen LogP contribution in [-0.4, -0.2) is 38.7 Å². The zero-order valence-corrected chi connectivity index (χ0v) is 17.1. The molecule has 2 aromatic heterocycles. The maximum Gasteiger partial charge on any atom is 0.254 e.